The first-order chi connectivity index (χ1) is 12.0. The minimum atomic E-state index is 0.249. The first-order valence-electron chi connectivity index (χ1n) is 10.0. The molecule has 0 amide bonds. The molecule has 0 saturated carbocycles. The van der Waals surface area contributed by atoms with Crippen LogP contribution in [0.15, 0.2) is 37.4 Å². The van der Waals surface area contributed by atoms with Crippen LogP contribution in [0.25, 0.3) is 0 Å². The van der Waals surface area contributed by atoms with Crippen molar-refractivity contribution in [3.05, 3.63) is 48.6 Å². The molecule has 0 aliphatic rings. The minimum Gasteiger partial charge on any atom is -0.388 e. The normalized spacial score (nSPS) is 10.6. The summed E-state index contributed by atoms with van der Waals surface area (Å²) in [5.41, 5.74) is 3.56. The van der Waals surface area contributed by atoms with E-state index in [1.807, 2.05) is 0 Å². The second-order valence-corrected chi connectivity index (χ2v) is 8.37. The van der Waals surface area contributed by atoms with E-state index >= 15 is 0 Å². The summed E-state index contributed by atoms with van der Waals surface area (Å²) < 4.78 is 4.25. The summed E-state index contributed by atoms with van der Waals surface area (Å²) in [6.45, 7) is 26.7. The minimum absolute atomic E-state index is 0.249. The van der Waals surface area contributed by atoms with Crippen molar-refractivity contribution in [1.82, 2.24) is 0 Å². The van der Waals surface area contributed by atoms with Crippen LogP contribution in [0.4, 0.5) is 0 Å². The quantitative estimate of drug-likeness (QED) is 0.480. The highest BCUT2D eigenvalue weighted by Gasteiger charge is 2.32. The lowest BCUT2D eigenvalue weighted by Gasteiger charge is -2.38. The molecule has 1 rings (SSSR count). The smallest absolute Gasteiger partial charge is 0.0351 e. The van der Waals surface area contributed by atoms with Crippen LogP contribution >= 0.6 is 0 Å². The predicted octanol–water partition coefficient (Wildman–Crippen LogP) is 8.08. The molecule has 0 radical (unpaired) electrons. The largest absolute Gasteiger partial charge is 0.388 e. The molecule has 1 nitrogen and oxygen atoms in total. The van der Waals surface area contributed by atoms with Gasteiger partial charge in [0.1, 0.15) is 0 Å². The summed E-state index contributed by atoms with van der Waals surface area (Å²) in [7, 11) is 3.25. The summed E-state index contributed by atoms with van der Waals surface area (Å²) in [5.74, 6) is 0.714. The molecule has 0 unspecified atom stereocenters. The lowest BCUT2D eigenvalue weighted by atomic mass is 9.67. The van der Waals surface area contributed by atoms with Crippen LogP contribution in [0.5, 0.6) is 0 Å². The highest BCUT2D eigenvalue weighted by atomic mass is 16.4. The van der Waals surface area contributed by atoms with Gasteiger partial charge in [-0.15, -0.1) is 13.2 Å². The zero-order valence-electron chi connectivity index (χ0n) is 19.8. The topological polar surface area (TPSA) is 9.23 Å². The van der Waals surface area contributed by atoms with Gasteiger partial charge in [0, 0.05) is 14.2 Å². The second-order valence-electron chi connectivity index (χ2n) is 8.37. The maximum atomic E-state index is 4.25. The molecule has 1 aromatic rings. The molecular weight excluding hydrogens is 316 g/mol. The fraction of sp³-hybridized carbons (Fsp3) is 0.680. The average molecular weight is 365 g/mol. The standard InChI is InChI=1S/C18H30.C3H8.C2H6O.C2H4/c1-8-15-10-9-11-16(12-15)18(6,7)13-17(4,5)14(2)3;2*1-3-2;1-2/h9-12,14H,8,13H2,1-7H3;3H2,1-2H3;1-2H3;1-2H2. The molecule has 0 atom stereocenters. The number of hydrogen-bond donors (Lipinski definition) is 0. The highest BCUT2D eigenvalue weighted by molar-refractivity contribution is 5.29. The summed E-state index contributed by atoms with van der Waals surface area (Å²) in [5, 5.41) is 0. The Hall–Kier alpha value is -1.08. The van der Waals surface area contributed by atoms with Crippen LogP contribution in [-0.2, 0) is 16.6 Å². The Morgan fingerprint density at radius 2 is 1.38 bits per heavy atom. The van der Waals surface area contributed by atoms with Gasteiger partial charge in [-0.2, -0.15) is 0 Å². The van der Waals surface area contributed by atoms with E-state index in [4.69, 9.17) is 0 Å². The molecule has 0 N–H and O–H groups in total. The molecule has 0 saturated heterocycles. The number of benzene rings is 1. The number of methoxy groups -OCH3 is 1. The molecule has 154 valence electrons. The molecular formula is C25H48O. The fourth-order valence-corrected chi connectivity index (χ4v) is 2.66. The second kappa shape index (κ2) is 16.1. The molecule has 0 aliphatic heterocycles. The molecule has 0 spiro atoms. The lowest BCUT2D eigenvalue weighted by molar-refractivity contribution is 0.181. The van der Waals surface area contributed by atoms with Gasteiger partial charge in [-0.25, -0.2) is 0 Å². The molecule has 1 heteroatoms. The van der Waals surface area contributed by atoms with Crippen molar-refractivity contribution in [3.63, 3.8) is 0 Å². The van der Waals surface area contributed by atoms with Gasteiger partial charge in [0.15, 0.2) is 0 Å². The van der Waals surface area contributed by atoms with Gasteiger partial charge in [-0.05, 0) is 40.7 Å². The van der Waals surface area contributed by atoms with E-state index in [1.165, 1.54) is 24.0 Å². The van der Waals surface area contributed by atoms with Crippen molar-refractivity contribution in [3.8, 4) is 0 Å². The van der Waals surface area contributed by atoms with Crippen molar-refractivity contribution in [2.45, 2.75) is 87.0 Å². The Bertz CT molecular complexity index is 428. The van der Waals surface area contributed by atoms with Crippen molar-refractivity contribution in [2.75, 3.05) is 14.2 Å². The maximum absolute atomic E-state index is 4.25. The molecule has 0 fully saturated rings. The Morgan fingerprint density at radius 3 is 1.73 bits per heavy atom. The zero-order chi connectivity index (χ0) is 21.4. The predicted molar refractivity (Wildman–Crippen MR) is 122 cm³/mol. The molecule has 0 bridgehead atoms. The number of aryl methyl sites for hydroxylation is 1. The van der Waals surface area contributed by atoms with Crippen molar-refractivity contribution >= 4 is 0 Å². The third-order valence-electron chi connectivity index (χ3n) is 4.58. The van der Waals surface area contributed by atoms with Gasteiger partial charge < -0.3 is 4.74 Å². The third-order valence-corrected chi connectivity index (χ3v) is 4.58. The fourth-order valence-electron chi connectivity index (χ4n) is 2.66. The molecule has 26 heavy (non-hydrogen) atoms. The van der Waals surface area contributed by atoms with Gasteiger partial charge in [0.2, 0.25) is 0 Å². The SMILES string of the molecule is C=C.CCC.CCc1cccc(C(C)(C)CC(C)(C)C(C)C)c1.COC. The molecule has 0 aliphatic carbocycles. The van der Waals surface area contributed by atoms with E-state index in [0.29, 0.717) is 11.3 Å². The Balaban J connectivity index is -0.000000567. The Kier molecular flexibility index (Phi) is 18.4. The summed E-state index contributed by atoms with van der Waals surface area (Å²) in [6, 6.07) is 9.11. The first kappa shape index (κ1) is 29.7. The summed E-state index contributed by atoms with van der Waals surface area (Å²) >= 11 is 0. The van der Waals surface area contributed by atoms with E-state index in [1.54, 1.807) is 14.2 Å². The van der Waals surface area contributed by atoms with Crippen LogP contribution in [0.3, 0.4) is 0 Å². The molecule has 0 heterocycles. The van der Waals surface area contributed by atoms with Crippen LogP contribution < -0.4 is 0 Å². The maximum Gasteiger partial charge on any atom is 0.0351 e. The van der Waals surface area contributed by atoms with E-state index in [2.05, 4.69) is 104 Å². The van der Waals surface area contributed by atoms with Gasteiger partial charge >= 0.3 is 0 Å². The van der Waals surface area contributed by atoms with Crippen LogP contribution in [0, 0.1) is 11.3 Å². The van der Waals surface area contributed by atoms with Crippen molar-refractivity contribution in [2.24, 2.45) is 11.3 Å². The summed E-state index contributed by atoms with van der Waals surface area (Å²) in [4.78, 5) is 0. The Labute approximate surface area is 166 Å². The number of ether oxygens (including phenoxy) is 1. The monoisotopic (exact) mass is 364 g/mol. The first-order valence-corrected chi connectivity index (χ1v) is 10.0. The van der Waals surface area contributed by atoms with E-state index < -0.39 is 0 Å². The lowest BCUT2D eigenvalue weighted by Crippen LogP contribution is -2.30. The Morgan fingerprint density at radius 1 is 0.962 bits per heavy atom. The van der Waals surface area contributed by atoms with Crippen LogP contribution in [0.1, 0.15) is 86.3 Å². The van der Waals surface area contributed by atoms with Gasteiger partial charge in [-0.3, -0.25) is 0 Å². The highest BCUT2D eigenvalue weighted by Crippen LogP contribution is 2.41. The average Bonchev–Trinajstić information content (AvgIpc) is 2.57. The van der Waals surface area contributed by atoms with Gasteiger partial charge in [-0.1, -0.05) is 93.0 Å². The molecule has 0 aromatic heterocycles. The molecule has 1 aromatic carbocycles. The van der Waals surface area contributed by atoms with Gasteiger partial charge in [0.25, 0.3) is 0 Å². The summed E-state index contributed by atoms with van der Waals surface area (Å²) in [6.07, 6.45) is 3.60. The third kappa shape index (κ3) is 13.2. The van der Waals surface area contributed by atoms with E-state index in [-0.39, 0.29) is 5.41 Å². The van der Waals surface area contributed by atoms with Gasteiger partial charge in [0.05, 0.1) is 0 Å². The number of rotatable bonds is 5. The number of hydrogen-bond acceptors (Lipinski definition) is 1. The van der Waals surface area contributed by atoms with Crippen molar-refractivity contribution in [1.29, 1.82) is 0 Å². The van der Waals surface area contributed by atoms with Crippen molar-refractivity contribution < 1.29 is 4.74 Å². The van der Waals surface area contributed by atoms with E-state index in [0.717, 1.165) is 6.42 Å². The zero-order valence-corrected chi connectivity index (χ0v) is 19.8. The van der Waals surface area contributed by atoms with Crippen LogP contribution in [-0.4, -0.2) is 14.2 Å². The van der Waals surface area contributed by atoms with E-state index in [9.17, 15) is 0 Å². The van der Waals surface area contributed by atoms with Crippen LogP contribution in [0.2, 0.25) is 0 Å².